The Bertz CT molecular complexity index is 1190. The topological polar surface area (TPSA) is 131 Å². The second kappa shape index (κ2) is 8.72. The summed E-state index contributed by atoms with van der Waals surface area (Å²) in [7, 11) is 2.73. The molecule has 1 heterocycles. The van der Waals surface area contributed by atoms with E-state index in [0.717, 1.165) is 7.11 Å². The fourth-order valence-corrected chi connectivity index (χ4v) is 3.39. The molecule has 1 aliphatic rings. The van der Waals surface area contributed by atoms with E-state index in [-0.39, 0.29) is 23.6 Å². The largest absolute Gasteiger partial charge is 0.464 e. The van der Waals surface area contributed by atoms with Crippen LogP contribution < -0.4 is 10.6 Å². The van der Waals surface area contributed by atoms with Crippen molar-refractivity contribution in [2.24, 2.45) is 0 Å². The van der Waals surface area contributed by atoms with Crippen LogP contribution in [0.15, 0.2) is 61.0 Å². The summed E-state index contributed by atoms with van der Waals surface area (Å²) in [5, 5.41) is 16.5. The first kappa shape index (κ1) is 22.2. The zero-order valence-corrected chi connectivity index (χ0v) is 17.4. The summed E-state index contributed by atoms with van der Waals surface area (Å²) in [6.07, 6.45) is 0. The van der Waals surface area contributed by atoms with Gasteiger partial charge in [0, 0.05) is 18.7 Å². The van der Waals surface area contributed by atoms with Crippen LogP contribution in [0.5, 0.6) is 0 Å². The van der Waals surface area contributed by atoms with E-state index in [4.69, 9.17) is 0 Å². The number of esters is 1. The van der Waals surface area contributed by atoms with Gasteiger partial charge in [-0.25, -0.2) is 4.79 Å². The maximum Gasteiger partial charge on any atom is 0.353 e. The SMILES string of the molecule is C=C(NC(=O)C(=C)N1Cc2c(cccc2-c2ccc(NC)c([N+](=O)[O-])c2)C1=O)C(=O)OC. The first-order chi connectivity index (χ1) is 15.2. The minimum Gasteiger partial charge on any atom is -0.464 e. The van der Waals surface area contributed by atoms with E-state index >= 15 is 0 Å². The molecule has 2 amide bonds. The van der Waals surface area contributed by atoms with Crippen LogP contribution in [0.25, 0.3) is 11.1 Å². The van der Waals surface area contributed by atoms with Crippen LogP contribution in [0.3, 0.4) is 0 Å². The van der Waals surface area contributed by atoms with Crippen molar-refractivity contribution in [3.63, 3.8) is 0 Å². The number of hydrogen-bond acceptors (Lipinski definition) is 7. The Balaban J connectivity index is 1.93. The molecule has 0 bridgehead atoms. The van der Waals surface area contributed by atoms with Crippen LogP contribution >= 0.6 is 0 Å². The summed E-state index contributed by atoms with van der Waals surface area (Å²) >= 11 is 0. The Hall–Kier alpha value is -4.47. The van der Waals surface area contributed by atoms with E-state index < -0.39 is 22.7 Å². The van der Waals surface area contributed by atoms with Crippen molar-refractivity contribution in [2.75, 3.05) is 19.5 Å². The van der Waals surface area contributed by atoms with E-state index in [0.29, 0.717) is 27.9 Å². The quantitative estimate of drug-likeness (QED) is 0.295. The molecule has 0 aromatic heterocycles. The number of fused-ring (bicyclic) bond motifs is 1. The van der Waals surface area contributed by atoms with Gasteiger partial charge in [0.1, 0.15) is 17.1 Å². The molecule has 2 N–H and O–H groups in total. The number of carbonyl (C=O) groups excluding carboxylic acids is 3. The molecule has 32 heavy (non-hydrogen) atoms. The third kappa shape index (κ3) is 3.93. The number of ether oxygens (including phenoxy) is 1. The fraction of sp³-hybridized carbons (Fsp3) is 0.136. The Morgan fingerprint density at radius 2 is 1.88 bits per heavy atom. The second-order valence-electron chi connectivity index (χ2n) is 6.83. The smallest absolute Gasteiger partial charge is 0.353 e. The number of nitrogens with one attached hydrogen (secondary N) is 2. The van der Waals surface area contributed by atoms with Gasteiger partial charge < -0.3 is 15.4 Å². The summed E-state index contributed by atoms with van der Waals surface area (Å²) in [5.41, 5.74) is 1.91. The Kier molecular flexibility index (Phi) is 6.06. The molecule has 3 rings (SSSR count). The number of nitrogens with zero attached hydrogens (tertiary/aromatic N) is 2. The summed E-state index contributed by atoms with van der Waals surface area (Å²) in [6.45, 7) is 7.12. The van der Waals surface area contributed by atoms with Crippen LogP contribution in [-0.2, 0) is 20.9 Å². The maximum absolute atomic E-state index is 12.9. The number of amides is 2. The highest BCUT2D eigenvalue weighted by atomic mass is 16.6. The molecule has 0 unspecified atom stereocenters. The predicted molar refractivity (Wildman–Crippen MR) is 116 cm³/mol. The zero-order chi connectivity index (χ0) is 23.6. The maximum atomic E-state index is 12.9. The molecule has 0 fully saturated rings. The summed E-state index contributed by atoms with van der Waals surface area (Å²) in [6, 6.07) is 9.74. The highest BCUT2D eigenvalue weighted by Gasteiger charge is 2.34. The van der Waals surface area contributed by atoms with Gasteiger partial charge >= 0.3 is 5.97 Å². The van der Waals surface area contributed by atoms with Gasteiger partial charge in [0.2, 0.25) is 0 Å². The Labute approximate surface area is 183 Å². The lowest BCUT2D eigenvalue weighted by molar-refractivity contribution is -0.383. The van der Waals surface area contributed by atoms with Crippen molar-refractivity contribution >= 4 is 29.2 Å². The highest BCUT2D eigenvalue weighted by Crippen LogP contribution is 2.37. The van der Waals surface area contributed by atoms with Crippen LogP contribution in [0.2, 0.25) is 0 Å². The van der Waals surface area contributed by atoms with Crippen LogP contribution in [0, 0.1) is 10.1 Å². The van der Waals surface area contributed by atoms with E-state index in [2.05, 4.69) is 28.5 Å². The first-order valence-corrected chi connectivity index (χ1v) is 9.37. The Morgan fingerprint density at radius 3 is 2.50 bits per heavy atom. The third-order valence-electron chi connectivity index (χ3n) is 5.03. The van der Waals surface area contributed by atoms with E-state index in [1.165, 1.54) is 11.0 Å². The molecule has 0 aliphatic carbocycles. The molecule has 0 saturated carbocycles. The number of rotatable bonds is 7. The molecule has 2 aromatic carbocycles. The van der Waals surface area contributed by atoms with E-state index in [1.54, 1.807) is 37.4 Å². The van der Waals surface area contributed by atoms with Crippen LogP contribution in [-0.4, -0.2) is 41.8 Å². The van der Waals surface area contributed by atoms with Crippen molar-refractivity contribution in [3.05, 3.63) is 82.2 Å². The van der Waals surface area contributed by atoms with Gasteiger partial charge in [-0.3, -0.25) is 24.6 Å². The average molecular weight is 436 g/mol. The van der Waals surface area contributed by atoms with Gasteiger partial charge in [-0.1, -0.05) is 31.4 Å². The van der Waals surface area contributed by atoms with Crippen LogP contribution in [0.4, 0.5) is 11.4 Å². The summed E-state index contributed by atoms with van der Waals surface area (Å²) < 4.78 is 4.48. The Morgan fingerprint density at radius 1 is 1.19 bits per heavy atom. The lowest BCUT2D eigenvalue weighted by Gasteiger charge is -2.18. The van der Waals surface area contributed by atoms with Gasteiger partial charge in [-0.15, -0.1) is 0 Å². The minimum absolute atomic E-state index is 0.0306. The second-order valence-corrected chi connectivity index (χ2v) is 6.83. The molecular formula is C22H20N4O6. The highest BCUT2D eigenvalue weighted by molar-refractivity contribution is 6.07. The van der Waals surface area contributed by atoms with E-state index in [9.17, 15) is 24.5 Å². The number of benzene rings is 2. The van der Waals surface area contributed by atoms with E-state index in [1.807, 2.05) is 0 Å². The average Bonchev–Trinajstić information content (AvgIpc) is 3.13. The van der Waals surface area contributed by atoms with Gasteiger partial charge in [-0.05, 0) is 28.8 Å². The van der Waals surface area contributed by atoms with Crippen molar-refractivity contribution in [1.82, 2.24) is 10.2 Å². The molecular weight excluding hydrogens is 416 g/mol. The number of nitro groups is 1. The normalized spacial score (nSPS) is 12.1. The van der Waals surface area contributed by atoms with Crippen molar-refractivity contribution in [1.29, 1.82) is 0 Å². The minimum atomic E-state index is -0.823. The number of anilines is 1. The molecule has 0 saturated heterocycles. The molecule has 0 spiro atoms. The zero-order valence-electron chi connectivity index (χ0n) is 17.4. The monoisotopic (exact) mass is 436 g/mol. The molecule has 0 atom stereocenters. The van der Waals surface area contributed by atoms with Crippen molar-refractivity contribution in [2.45, 2.75) is 6.54 Å². The number of hydrogen-bond donors (Lipinski definition) is 2. The standard InChI is InChI=1S/C22H20N4O6/c1-12(22(29)32-4)24-20(27)13(2)25-11-17-15(6-5-7-16(17)21(25)28)14-8-9-18(23-3)19(10-14)26(30)31/h5-10,23H,1-2,11H2,3-4H3,(H,24,27). The third-order valence-corrected chi connectivity index (χ3v) is 5.03. The molecule has 1 aliphatic heterocycles. The predicted octanol–water partition coefficient (Wildman–Crippen LogP) is 2.58. The number of nitro benzene ring substituents is 1. The van der Waals surface area contributed by atoms with Crippen LogP contribution in [0.1, 0.15) is 15.9 Å². The summed E-state index contributed by atoms with van der Waals surface area (Å²) in [5.74, 6) is -2.06. The molecule has 164 valence electrons. The molecule has 2 aromatic rings. The van der Waals surface area contributed by atoms with Gasteiger partial charge in [0.15, 0.2) is 0 Å². The first-order valence-electron chi connectivity index (χ1n) is 9.37. The molecule has 10 heteroatoms. The van der Waals surface area contributed by atoms with Gasteiger partial charge in [0.05, 0.1) is 18.6 Å². The lowest BCUT2D eigenvalue weighted by Crippen LogP contribution is -2.36. The van der Waals surface area contributed by atoms with Crippen molar-refractivity contribution < 1.29 is 24.0 Å². The molecule has 0 radical (unpaired) electrons. The summed E-state index contributed by atoms with van der Waals surface area (Å²) in [4.78, 5) is 48.9. The fourth-order valence-electron chi connectivity index (χ4n) is 3.39. The molecule has 10 nitrogen and oxygen atoms in total. The number of carbonyl (C=O) groups is 3. The van der Waals surface area contributed by atoms with Gasteiger partial charge in [0.25, 0.3) is 17.5 Å². The van der Waals surface area contributed by atoms with Crippen molar-refractivity contribution in [3.8, 4) is 11.1 Å². The number of methoxy groups -OCH3 is 1. The van der Waals surface area contributed by atoms with Gasteiger partial charge in [-0.2, -0.15) is 0 Å². The lowest BCUT2D eigenvalue weighted by atomic mass is 9.96.